The first-order valence-electron chi connectivity index (χ1n) is 8.53. The maximum atomic E-state index is 5.97. The lowest BCUT2D eigenvalue weighted by Crippen LogP contribution is -2.61. The number of likely N-dealkylation sites (N-methyl/N-ethyl adjacent to an activating group) is 1. The predicted octanol–water partition coefficient (Wildman–Crippen LogP) is 1.37. The average Bonchev–Trinajstić information content (AvgIpc) is 2.88. The average molecular weight is 298 g/mol. The molecule has 1 N–H and O–H groups in total. The van der Waals surface area contributed by atoms with Gasteiger partial charge in [0.15, 0.2) is 5.79 Å². The summed E-state index contributed by atoms with van der Waals surface area (Å²) in [6, 6.07) is 1.01. The first kappa shape index (κ1) is 15.7. The van der Waals surface area contributed by atoms with Gasteiger partial charge in [0.05, 0.1) is 25.4 Å². The summed E-state index contributed by atoms with van der Waals surface area (Å²) in [5, 5.41) is 3.67. The molecule has 0 aromatic rings. The Morgan fingerprint density at radius 2 is 1.81 bits per heavy atom. The molecule has 1 saturated carbocycles. The van der Waals surface area contributed by atoms with Crippen LogP contribution in [-0.2, 0) is 14.2 Å². The maximum absolute atomic E-state index is 5.97. The minimum Gasteiger partial charge on any atom is -0.373 e. The number of ether oxygens (including phenoxy) is 3. The van der Waals surface area contributed by atoms with E-state index in [4.69, 9.17) is 14.2 Å². The van der Waals surface area contributed by atoms with Crippen molar-refractivity contribution in [3.05, 3.63) is 0 Å². The summed E-state index contributed by atoms with van der Waals surface area (Å²) in [5.41, 5.74) is 0. The highest BCUT2D eigenvalue weighted by molar-refractivity contribution is 4.97. The van der Waals surface area contributed by atoms with Gasteiger partial charge >= 0.3 is 0 Å². The summed E-state index contributed by atoms with van der Waals surface area (Å²) in [7, 11) is 0. The molecule has 0 bridgehead atoms. The second-order valence-electron chi connectivity index (χ2n) is 6.79. The van der Waals surface area contributed by atoms with E-state index in [-0.39, 0.29) is 5.79 Å². The van der Waals surface area contributed by atoms with E-state index in [1.165, 1.54) is 0 Å². The Hall–Kier alpha value is -0.200. The van der Waals surface area contributed by atoms with Crippen LogP contribution >= 0.6 is 0 Å². The zero-order valence-electron chi connectivity index (χ0n) is 13.6. The molecule has 0 radical (unpaired) electrons. The quantitative estimate of drug-likeness (QED) is 0.852. The van der Waals surface area contributed by atoms with Gasteiger partial charge in [0, 0.05) is 38.0 Å². The van der Waals surface area contributed by atoms with Crippen LogP contribution < -0.4 is 5.32 Å². The fourth-order valence-corrected chi connectivity index (χ4v) is 4.26. The van der Waals surface area contributed by atoms with E-state index < -0.39 is 0 Å². The molecule has 21 heavy (non-hydrogen) atoms. The Balaban J connectivity index is 1.73. The van der Waals surface area contributed by atoms with Gasteiger partial charge in [0.1, 0.15) is 0 Å². The van der Waals surface area contributed by atoms with Crippen LogP contribution in [0.25, 0.3) is 0 Å². The molecule has 3 rings (SSSR count). The normalized spacial score (nSPS) is 40.7. The summed E-state index contributed by atoms with van der Waals surface area (Å²) in [6.45, 7) is 11.1. The molecule has 2 aliphatic heterocycles. The second kappa shape index (κ2) is 6.50. The van der Waals surface area contributed by atoms with Crippen LogP contribution in [0, 0.1) is 0 Å². The number of hydrogen-bond acceptors (Lipinski definition) is 5. The molecule has 3 fully saturated rings. The standard InChI is InChI=1S/C16H30N2O3/c1-4-17-14-5-6-16(19-7-8-20-16)9-15(14)18-10-12(2)21-13(3)11-18/h12-15,17H,4-11H2,1-3H3/t12-,13+,14?,15?. The largest absolute Gasteiger partial charge is 0.373 e. The molecular formula is C16H30N2O3. The van der Waals surface area contributed by atoms with Crippen LogP contribution in [0.3, 0.4) is 0 Å². The Bertz CT molecular complexity index is 336. The molecule has 0 aromatic carbocycles. The molecule has 122 valence electrons. The highest BCUT2D eigenvalue weighted by atomic mass is 16.7. The van der Waals surface area contributed by atoms with Gasteiger partial charge in [-0.05, 0) is 26.8 Å². The molecule has 3 aliphatic rings. The molecule has 0 amide bonds. The lowest BCUT2D eigenvalue weighted by atomic mass is 9.84. The van der Waals surface area contributed by atoms with Crippen molar-refractivity contribution < 1.29 is 14.2 Å². The number of nitrogens with zero attached hydrogens (tertiary/aromatic N) is 1. The molecule has 5 nitrogen and oxygen atoms in total. The van der Waals surface area contributed by atoms with Crippen molar-refractivity contribution in [2.45, 2.75) is 70.1 Å². The zero-order valence-corrected chi connectivity index (χ0v) is 13.6. The van der Waals surface area contributed by atoms with Crippen LogP contribution in [0.2, 0.25) is 0 Å². The molecule has 2 unspecified atom stereocenters. The van der Waals surface area contributed by atoms with E-state index in [9.17, 15) is 0 Å². The second-order valence-corrected chi connectivity index (χ2v) is 6.79. The molecule has 2 saturated heterocycles. The van der Waals surface area contributed by atoms with E-state index in [0.717, 1.165) is 52.1 Å². The summed E-state index contributed by atoms with van der Waals surface area (Å²) in [5.74, 6) is -0.318. The molecular weight excluding hydrogens is 268 g/mol. The Kier molecular flexibility index (Phi) is 4.86. The van der Waals surface area contributed by atoms with Gasteiger partial charge in [-0.25, -0.2) is 0 Å². The van der Waals surface area contributed by atoms with Gasteiger partial charge in [-0.15, -0.1) is 0 Å². The van der Waals surface area contributed by atoms with Crippen molar-refractivity contribution in [1.82, 2.24) is 10.2 Å². The molecule has 1 aliphatic carbocycles. The van der Waals surface area contributed by atoms with Gasteiger partial charge < -0.3 is 19.5 Å². The van der Waals surface area contributed by atoms with Gasteiger partial charge in [-0.1, -0.05) is 6.92 Å². The summed E-state index contributed by atoms with van der Waals surface area (Å²) in [6.07, 6.45) is 3.72. The number of hydrogen-bond donors (Lipinski definition) is 1. The number of rotatable bonds is 3. The first-order valence-corrected chi connectivity index (χ1v) is 8.53. The van der Waals surface area contributed by atoms with E-state index in [1.54, 1.807) is 0 Å². The van der Waals surface area contributed by atoms with Crippen LogP contribution in [0.4, 0.5) is 0 Å². The molecule has 4 atom stereocenters. The highest BCUT2D eigenvalue weighted by Gasteiger charge is 2.47. The maximum Gasteiger partial charge on any atom is 0.170 e. The lowest BCUT2D eigenvalue weighted by molar-refractivity contribution is -0.200. The summed E-state index contributed by atoms with van der Waals surface area (Å²) >= 11 is 0. The molecule has 0 aromatic heterocycles. The van der Waals surface area contributed by atoms with Crippen molar-refractivity contribution in [1.29, 1.82) is 0 Å². The minimum atomic E-state index is -0.318. The summed E-state index contributed by atoms with van der Waals surface area (Å²) in [4.78, 5) is 2.60. The third-order valence-corrected chi connectivity index (χ3v) is 5.02. The van der Waals surface area contributed by atoms with Gasteiger partial charge in [0.25, 0.3) is 0 Å². The summed E-state index contributed by atoms with van der Waals surface area (Å²) < 4.78 is 17.8. The topological polar surface area (TPSA) is 43.0 Å². The van der Waals surface area contributed by atoms with Gasteiger partial charge in [-0.2, -0.15) is 0 Å². The van der Waals surface area contributed by atoms with Crippen molar-refractivity contribution in [3.63, 3.8) is 0 Å². The predicted molar refractivity (Wildman–Crippen MR) is 81.3 cm³/mol. The zero-order chi connectivity index (χ0) is 14.9. The Labute approximate surface area is 128 Å². The van der Waals surface area contributed by atoms with Crippen molar-refractivity contribution in [3.8, 4) is 0 Å². The monoisotopic (exact) mass is 298 g/mol. The Morgan fingerprint density at radius 3 is 2.43 bits per heavy atom. The van der Waals surface area contributed by atoms with Crippen molar-refractivity contribution in [2.24, 2.45) is 0 Å². The van der Waals surface area contributed by atoms with E-state index >= 15 is 0 Å². The first-order chi connectivity index (χ1) is 10.1. The SMILES string of the molecule is CCNC1CCC2(CC1N1C[C@@H](C)O[C@@H](C)C1)OCCO2. The van der Waals surface area contributed by atoms with E-state index in [2.05, 4.69) is 31.0 Å². The minimum absolute atomic E-state index is 0.305. The van der Waals surface area contributed by atoms with Crippen LogP contribution in [0.5, 0.6) is 0 Å². The Morgan fingerprint density at radius 1 is 1.14 bits per heavy atom. The van der Waals surface area contributed by atoms with Crippen LogP contribution in [-0.4, -0.2) is 67.8 Å². The smallest absolute Gasteiger partial charge is 0.170 e. The third kappa shape index (κ3) is 3.42. The van der Waals surface area contributed by atoms with E-state index in [1.807, 2.05) is 0 Å². The van der Waals surface area contributed by atoms with Crippen molar-refractivity contribution >= 4 is 0 Å². The van der Waals surface area contributed by atoms with Crippen LogP contribution in [0.1, 0.15) is 40.0 Å². The highest BCUT2D eigenvalue weighted by Crippen LogP contribution is 2.38. The van der Waals surface area contributed by atoms with E-state index in [0.29, 0.717) is 24.3 Å². The molecule has 1 spiro atoms. The number of nitrogens with one attached hydrogen (secondary N) is 1. The molecule has 5 heteroatoms. The van der Waals surface area contributed by atoms with Gasteiger partial charge in [0.2, 0.25) is 0 Å². The third-order valence-electron chi connectivity index (χ3n) is 5.02. The molecule has 2 heterocycles. The van der Waals surface area contributed by atoms with Gasteiger partial charge in [-0.3, -0.25) is 4.90 Å². The van der Waals surface area contributed by atoms with Crippen molar-refractivity contribution in [2.75, 3.05) is 32.8 Å². The fourth-order valence-electron chi connectivity index (χ4n) is 4.26. The fraction of sp³-hybridized carbons (Fsp3) is 1.00. The lowest BCUT2D eigenvalue weighted by Gasteiger charge is -2.49. The van der Waals surface area contributed by atoms with Crippen LogP contribution in [0.15, 0.2) is 0 Å². The number of morpholine rings is 1.